The maximum Gasteiger partial charge on any atom is 0.250 e. The summed E-state index contributed by atoms with van der Waals surface area (Å²) in [4.78, 5) is 14.0. The number of ether oxygens (including phenoxy) is 1. The summed E-state index contributed by atoms with van der Waals surface area (Å²) < 4.78 is 11.0. The van der Waals surface area contributed by atoms with Crippen LogP contribution in [0.5, 0.6) is 5.75 Å². The van der Waals surface area contributed by atoms with Gasteiger partial charge >= 0.3 is 0 Å². The number of fused-ring (bicyclic) bond motifs is 1. The maximum atomic E-state index is 12.5. The van der Waals surface area contributed by atoms with Crippen molar-refractivity contribution in [3.63, 3.8) is 0 Å². The van der Waals surface area contributed by atoms with E-state index in [1.54, 1.807) is 42.2 Å². The molecule has 0 saturated heterocycles. The van der Waals surface area contributed by atoms with E-state index in [4.69, 9.17) is 44.6 Å². The number of methoxy groups -OCH3 is 1. The summed E-state index contributed by atoms with van der Waals surface area (Å²) in [6.45, 7) is 1.92. The molecule has 0 atom stereocenters. The van der Waals surface area contributed by atoms with E-state index in [0.29, 0.717) is 38.3 Å². The second kappa shape index (κ2) is 11.3. The normalized spacial score (nSPS) is 11.2. The van der Waals surface area contributed by atoms with E-state index < -0.39 is 5.91 Å². The Hall–Kier alpha value is -4.18. The van der Waals surface area contributed by atoms with Crippen LogP contribution in [0.15, 0.2) is 77.2 Å². The number of aromatic nitrogens is 3. The third-order valence-electron chi connectivity index (χ3n) is 5.76. The Balaban J connectivity index is 1.23. The first-order valence-corrected chi connectivity index (χ1v) is 12.8. The monoisotopic (exact) mass is 577 g/mol. The second-order valence-electron chi connectivity index (χ2n) is 8.42. The number of nitrogens with one attached hydrogen (secondary N) is 2. The van der Waals surface area contributed by atoms with Gasteiger partial charge in [-0.2, -0.15) is 4.80 Å². The Morgan fingerprint density at radius 3 is 2.54 bits per heavy atom. The van der Waals surface area contributed by atoms with Crippen molar-refractivity contribution < 1.29 is 13.9 Å². The highest BCUT2D eigenvalue weighted by atomic mass is 35.5. The molecule has 1 amide bonds. The van der Waals surface area contributed by atoms with Gasteiger partial charge in [-0.05, 0) is 91.4 Å². The molecule has 3 aromatic carbocycles. The molecule has 2 aromatic heterocycles. The Kier molecular flexibility index (Phi) is 7.65. The van der Waals surface area contributed by atoms with Crippen LogP contribution in [-0.2, 0) is 4.79 Å². The van der Waals surface area contributed by atoms with E-state index in [1.165, 1.54) is 12.2 Å². The number of amides is 1. The average molecular weight is 578 g/mol. The molecule has 0 aliphatic rings. The van der Waals surface area contributed by atoms with Crippen LogP contribution in [0.4, 0.5) is 5.69 Å². The van der Waals surface area contributed by atoms with Gasteiger partial charge in [0.2, 0.25) is 5.91 Å². The van der Waals surface area contributed by atoms with Gasteiger partial charge in [0.1, 0.15) is 28.3 Å². The zero-order valence-corrected chi connectivity index (χ0v) is 23.1. The molecule has 0 spiro atoms. The first kappa shape index (κ1) is 26.4. The summed E-state index contributed by atoms with van der Waals surface area (Å²) in [6.07, 6.45) is 2.86. The van der Waals surface area contributed by atoms with Crippen LogP contribution < -0.4 is 15.4 Å². The van der Waals surface area contributed by atoms with Gasteiger partial charge in [0, 0.05) is 17.3 Å². The number of anilines is 1. The van der Waals surface area contributed by atoms with Crippen LogP contribution >= 0.6 is 35.4 Å². The molecule has 8 nitrogen and oxygen atoms in total. The number of hydrogen-bond acceptors (Lipinski definition) is 6. The molecule has 0 aliphatic carbocycles. The van der Waals surface area contributed by atoms with Gasteiger partial charge in [-0.25, -0.2) is 0 Å². The second-order valence-corrected chi connectivity index (χ2v) is 9.62. The van der Waals surface area contributed by atoms with Gasteiger partial charge in [0.15, 0.2) is 5.11 Å². The van der Waals surface area contributed by atoms with Crippen molar-refractivity contribution in [2.24, 2.45) is 0 Å². The van der Waals surface area contributed by atoms with Crippen LogP contribution in [0.2, 0.25) is 10.0 Å². The lowest BCUT2D eigenvalue weighted by molar-refractivity contribution is -0.115. The number of halogens is 2. The summed E-state index contributed by atoms with van der Waals surface area (Å²) in [7, 11) is 1.62. The van der Waals surface area contributed by atoms with Crippen molar-refractivity contribution in [1.82, 2.24) is 20.3 Å². The Bertz CT molecular complexity index is 1730. The van der Waals surface area contributed by atoms with Gasteiger partial charge in [0.05, 0.1) is 22.8 Å². The number of furan rings is 1. The molecule has 5 rings (SSSR count). The predicted molar refractivity (Wildman–Crippen MR) is 158 cm³/mol. The molecule has 39 heavy (non-hydrogen) atoms. The van der Waals surface area contributed by atoms with Crippen LogP contribution in [0.3, 0.4) is 0 Å². The Morgan fingerprint density at radius 2 is 1.79 bits per heavy atom. The molecule has 0 bridgehead atoms. The smallest absolute Gasteiger partial charge is 0.250 e. The largest absolute Gasteiger partial charge is 0.497 e. The van der Waals surface area contributed by atoms with Crippen LogP contribution in [0.1, 0.15) is 11.3 Å². The summed E-state index contributed by atoms with van der Waals surface area (Å²) >= 11 is 17.7. The molecule has 2 N–H and O–H groups in total. The van der Waals surface area contributed by atoms with E-state index in [1.807, 2.05) is 43.3 Å². The maximum absolute atomic E-state index is 12.5. The van der Waals surface area contributed by atoms with Gasteiger partial charge in [-0.15, -0.1) is 10.2 Å². The fourth-order valence-corrected chi connectivity index (χ4v) is 4.38. The number of rotatable bonds is 6. The van der Waals surface area contributed by atoms with Crippen molar-refractivity contribution >= 4 is 69.2 Å². The van der Waals surface area contributed by atoms with Crippen LogP contribution in [-0.4, -0.2) is 33.1 Å². The highest BCUT2D eigenvalue weighted by Crippen LogP contribution is 2.34. The first-order chi connectivity index (χ1) is 18.8. The SMILES string of the molecule is COc1ccc(-n2nc3cc(C)c(NC(=S)NC(=O)C=Cc4ccc(-c5cccc(Cl)c5Cl)o4)cc3n2)cc1. The molecular weight excluding hydrogens is 557 g/mol. The zero-order chi connectivity index (χ0) is 27.5. The average Bonchev–Trinajstić information content (AvgIpc) is 3.56. The number of carbonyl (C=O) groups is 1. The zero-order valence-electron chi connectivity index (χ0n) is 20.7. The van der Waals surface area contributed by atoms with Crippen LogP contribution in [0, 0.1) is 6.92 Å². The number of benzene rings is 3. The highest BCUT2D eigenvalue weighted by Gasteiger charge is 2.12. The van der Waals surface area contributed by atoms with E-state index in [0.717, 1.165) is 22.5 Å². The predicted octanol–water partition coefficient (Wildman–Crippen LogP) is 6.83. The molecule has 0 unspecified atom stereocenters. The Labute approximate surface area is 239 Å². The molecule has 2 heterocycles. The minimum Gasteiger partial charge on any atom is -0.497 e. The highest BCUT2D eigenvalue weighted by molar-refractivity contribution is 7.80. The van der Waals surface area contributed by atoms with Crippen LogP contribution in [0.25, 0.3) is 34.1 Å². The minimum absolute atomic E-state index is 0.139. The Morgan fingerprint density at radius 1 is 1.05 bits per heavy atom. The molecule has 0 fully saturated rings. The van der Waals surface area contributed by atoms with Gasteiger partial charge in [-0.1, -0.05) is 29.3 Å². The van der Waals surface area contributed by atoms with Gasteiger partial charge < -0.3 is 14.5 Å². The third-order valence-corrected chi connectivity index (χ3v) is 6.78. The molecule has 196 valence electrons. The quantitative estimate of drug-likeness (QED) is 0.169. The first-order valence-electron chi connectivity index (χ1n) is 11.7. The van der Waals surface area contributed by atoms with E-state index >= 15 is 0 Å². The van der Waals surface area contributed by atoms with E-state index in [9.17, 15) is 4.79 Å². The van der Waals surface area contributed by atoms with Crippen molar-refractivity contribution in [2.45, 2.75) is 6.92 Å². The molecular formula is C28H21Cl2N5O3S. The van der Waals surface area contributed by atoms with E-state index in [2.05, 4.69) is 20.8 Å². The van der Waals surface area contributed by atoms with Crippen molar-refractivity contribution in [1.29, 1.82) is 0 Å². The van der Waals surface area contributed by atoms with Gasteiger partial charge in [-0.3, -0.25) is 10.1 Å². The molecule has 0 aliphatic heterocycles. The fraction of sp³-hybridized carbons (Fsp3) is 0.0714. The number of hydrogen-bond donors (Lipinski definition) is 2. The fourth-order valence-electron chi connectivity index (χ4n) is 3.78. The van der Waals surface area contributed by atoms with Crippen molar-refractivity contribution in [2.75, 3.05) is 12.4 Å². The summed E-state index contributed by atoms with van der Waals surface area (Å²) in [6, 6.07) is 19.9. The summed E-state index contributed by atoms with van der Waals surface area (Å²) in [5, 5.41) is 15.8. The standard InChI is InChI=1S/C28H21Cl2N5O3S/c1-16-14-23-24(34-35(33-23)17-6-8-18(37-2)9-7-17)15-22(16)31-28(39)32-26(36)13-11-19-10-12-25(38-19)20-4-3-5-21(29)27(20)30/h3-15H,1-2H3,(H2,31,32,36,39). The molecule has 0 saturated carbocycles. The lowest BCUT2D eigenvalue weighted by atomic mass is 10.2. The number of nitrogens with zero attached hydrogens (tertiary/aromatic N) is 3. The van der Waals surface area contributed by atoms with Crippen molar-refractivity contribution in [3.05, 3.63) is 94.2 Å². The third kappa shape index (κ3) is 5.96. The number of aryl methyl sites for hydroxylation is 1. The summed E-state index contributed by atoms with van der Waals surface area (Å²) in [5.74, 6) is 1.33. The number of carbonyl (C=O) groups excluding carboxylic acids is 1. The summed E-state index contributed by atoms with van der Waals surface area (Å²) in [5.41, 5.74) is 4.44. The topological polar surface area (TPSA) is 94.2 Å². The molecule has 11 heteroatoms. The van der Waals surface area contributed by atoms with E-state index in [-0.39, 0.29) is 5.11 Å². The molecule has 5 aromatic rings. The van der Waals surface area contributed by atoms with Crippen molar-refractivity contribution in [3.8, 4) is 22.8 Å². The van der Waals surface area contributed by atoms with Gasteiger partial charge in [0.25, 0.3) is 0 Å². The minimum atomic E-state index is -0.421. The molecule has 0 radical (unpaired) electrons. The number of thiocarbonyl (C=S) groups is 1. The lowest BCUT2D eigenvalue weighted by Gasteiger charge is -2.10. The lowest BCUT2D eigenvalue weighted by Crippen LogP contribution is -2.33.